The summed E-state index contributed by atoms with van der Waals surface area (Å²) in [6.07, 6.45) is 1.64. The number of carbonyl (C=O) groups excluding carboxylic acids is 1. The average molecular weight is 361 g/mol. The van der Waals surface area contributed by atoms with E-state index in [0.29, 0.717) is 30.2 Å². The molecule has 0 bridgehead atoms. The van der Waals surface area contributed by atoms with Crippen LogP contribution in [0, 0.1) is 0 Å². The lowest BCUT2D eigenvalue weighted by molar-refractivity contribution is -0.122. The summed E-state index contributed by atoms with van der Waals surface area (Å²) < 4.78 is 11.6. The van der Waals surface area contributed by atoms with Gasteiger partial charge < -0.3 is 14.8 Å². The van der Waals surface area contributed by atoms with Crippen molar-refractivity contribution in [2.45, 2.75) is 19.4 Å². The van der Waals surface area contributed by atoms with Gasteiger partial charge in [0.05, 0.1) is 0 Å². The SMILES string of the molecule is C=CCOc1cccc(NC(=O)C(CC)Oc2cccc3ccccc23)c1. The summed E-state index contributed by atoms with van der Waals surface area (Å²) in [5.74, 6) is 1.19. The summed E-state index contributed by atoms with van der Waals surface area (Å²) >= 11 is 0. The summed E-state index contributed by atoms with van der Waals surface area (Å²) in [5.41, 5.74) is 0.668. The molecule has 0 spiro atoms. The van der Waals surface area contributed by atoms with Crippen molar-refractivity contribution in [2.24, 2.45) is 0 Å². The molecule has 27 heavy (non-hydrogen) atoms. The van der Waals surface area contributed by atoms with Crippen LogP contribution in [0.5, 0.6) is 11.5 Å². The van der Waals surface area contributed by atoms with Crippen LogP contribution in [-0.2, 0) is 4.79 Å². The van der Waals surface area contributed by atoms with E-state index in [0.717, 1.165) is 10.8 Å². The van der Waals surface area contributed by atoms with Gasteiger partial charge >= 0.3 is 0 Å². The molecule has 0 fully saturated rings. The maximum atomic E-state index is 12.7. The molecule has 0 heterocycles. The van der Waals surface area contributed by atoms with E-state index in [4.69, 9.17) is 9.47 Å². The number of ether oxygens (including phenoxy) is 2. The molecule has 0 aromatic heterocycles. The summed E-state index contributed by atoms with van der Waals surface area (Å²) in [6, 6.07) is 21.1. The summed E-state index contributed by atoms with van der Waals surface area (Å²) in [6.45, 7) is 5.98. The van der Waals surface area contributed by atoms with Crippen LogP contribution in [0.3, 0.4) is 0 Å². The van der Waals surface area contributed by atoms with Crippen LogP contribution in [0.1, 0.15) is 13.3 Å². The first-order chi connectivity index (χ1) is 13.2. The van der Waals surface area contributed by atoms with Crippen molar-refractivity contribution in [2.75, 3.05) is 11.9 Å². The van der Waals surface area contributed by atoms with Crippen LogP contribution in [0.15, 0.2) is 79.4 Å². The van der Waals surface area contributed by atoms with Crippen molar-refractivity contribution in [3.8, 4) is 11.5 Å². The maximum absolute atomic E-state index is 12.7. The number of anilines is 1. The molecular weight excluding hydrogens is 338 g/mol. The Morgan fingerprint density at radius 1 is 1.11 bits per heavy atom. The Kier molecular flexibility index (Phi) is 6.10. The van der Waals surface area contributed by atoms with Crippen molar-refractivity contribution in [1.82, 2.24) is 0 Å². The fraction of sp³-hybridized carbons (Fsp3) is 0.174. The number of hydrogen-bond donors (Lipinski definition) is 1. The molecule has 1 unspecified atom stereocenters. The third-order valence-corrected chi connectivity index (χ3v) is 4.15. The summed E-state index contributed by atoms with van der Waals surface area (Å²) in [5, 5.41) is 4.98. The van der Waals surface area contributed by atoms with E-state index < -0.39 is 6.10 Å². The number of rotatable bonds is 8. The molecule has 0 aliphatic rings. The Balaban J connectivity index is 1.73. The number of hydrogen-bond acceptors (Lipinski definition) is 3. The highest BCUT2D eigenvalue weighted by Gasteiger charge is 2.19. The molecule has 4 nitrogen and oxygen atoms in total. The highest BCUT2D eigenvalue weighted by Crippen LogP contribution is 2.27. The molecule has 0 saturated heterocycles. The van der Waals surface area contributed by atoms with Crippen molar-refractivity contribution >= 4 is 22.4 Å². The Morgan fingerprint density at radius 2 is 1.89 bits per heavy atom. The highest BCUT2D eigenvalue weighted by atomic mass is 16.5. The van der Waals surface area contributed by atoms with E-state index in [1.807, 2.05) is 67.6 Å². The molecule has 0 radical (unpaired) electrons. The molecule has 1 atom stereocenters. The van der Waals surface area contributed by atoms with Gasteiger partial charge in [0.15, 0.2) is 6.10 Å². The Labute approximate surface area is 159 Å². The van der Waals surface area contributed by atoms with Crippen LogP contribution in [0.25, 0.3) is 10.8 Å². The van der Waals surface area contributed by atoms with E-state index in [9.17, 15) is 4.79 Å². The zero-order valence-electron chi connectivity index (χ0n) is 15.4. The molecule has 3 aromatic rings. The predicted octanol–water partition coefficient (Wildman–Crippen LogP) is 5.20. The Morgan fingerprint density at radius 3 is 2.70 bits per heavy atom. The van der Waals surface area contributed by atoms with E-state index >= 15 is 0 Å². The molecular formula is C23H23NO3. The van der Waals surface area contributed by atoms with Gasteiger partial charge in [0, 0.05) is 17.1 Å². The monoisotopic (exact) mass is 361 g/mol. The number of fused-ring (bicyclic) bond motifs is 1. The van der Waals surface area contributed by atoms with Crippen LogP contribution in [-0.4, -0.2) is 18.6 Å². The summed E-state index contributed by atoms with van der Waals surface area (Å²) in [4.78, 5) is 12.7. The van der Waals surface area contributed by atoms with Gasteiger partial charge in [-0.2, -0.15) is 0 Å². The quantitative estimate of drug-likeness (QED) is 0.561. The lowest BCUT2D eigenvalue weighted by atomic mass is 10.1. The average Bonchev–Trinajstić information content (AvgIpc) is 2.70. The Bertz CT molecular complexity index is 930. The van der Waals surface area contributed by atoms with Gasteiger partial charge in [-0.3, -0.25) is 4.79 Å². The third-order valence-electron chi connectivity index (χ3n) is 4.15. The van der Waals surface area contributed by atoms with E-state index in [-0.39, 0.29) is 5.91 Å². The second kappa shape index (κ2) is 8.90. The van der Waals surface area contributed by atoms with Gasteiger partial charge in [-0.05, 0) is 30.0 Å². The first kappa shape index (κ1) is 18.5. The highest BCUT2D eigenvalue weighted by molar-refractivity contribution is 5.95. The number of carbonyl (C=O) groups is 1. The van der Waals surface area contributed by atoms with Gasteiger partial charge in [0.2, 0.25) is 0 Å². The van der Waals surface area contributed by atoms with Crippen LogP contribution in [0.4, 0.5) is 5.69 Å². The van der Waals surface area contributed by atoms with Crippen molar-refractivity contribution in [3.05, 3.63) is 79.4 Å². The minimum absolute atomic E-state index is 0.189. The van der Waals surface area contributed by atoms with E-state index in [1.54, 1.807) is 12.1 Å². The number of amides is 1. The van der Waals surface area contributed by atoms with Crippen LogP contribution in [0.2, 0.25) is 0 Å². The molecule has 1 amide bonds. The smallest absolute Gasteiger partial charge is 0.265 e. The van der Waals surface area contributed by atoms with E-state index in [2.05, 4.69) is 11.9 Å². The second-order valence-electron chi connectivity index (χ2n) is 6.11. The first-order valence-electron chi connectivity index (χ1n) is 9.00. The van der Waals surface area contributed by atoms with Gasteiger partial charge in [-0.25, -0.2) is 0 Å². The number of benzene rings is 3. The second-order valence-corrected chi connectivity index (χ2v) is 6.11. The zero-order valence-corrected chi connectivity index (χ0v) is 15.4. The van der Waals surface area contributed by atoms with Crippen LogP contribution >= 0.6 is 0 Å². The van der Waals surface area contributed by atoms with Gasteiger partial charge in [0.25, 0.3) is 5.91 Å². The van der Waals surface area contributed by atoms with Crippen LogP contribution < -0.4 is 14.8 Å². The van der Waals surface area contributed by atoms with Crippen molar-refractivity contribution in [1.29, 1.82) is 0 Å². The topological polar surface area (TPSA) is 47.6 Å². The Hall–Kier alpha value is -3.27. The third kappa shape index (κ3) is 4.67. The fourth-order valence-electron chi connectivity index (χ4n) is 2.82. The molecule has 0 saturated carbocycles. The fourth-order valence-corrected chi connectivity index (χ4v) is 2.82. The van der Waals surface area contributed by atoms with Gasteiger partial charge in [-0.1, -0.05) is 62.0 Å². The minimum atomic E-state index is -0.589. The van der Waals surface area contributed by atoms with Gasteiger partial charge in [-0.15, -0.1) is 0 Å². The first-order valence-corrected chi connectivity index (χ1v) is 9.00. The molecule has 4 heteroatoms. The number of nitrogens with one attached hydrogen (secondary N) is 1. The molecule has 3 aromatic carbocycles. The molecule has 138 valence electrons. The minimum Gasteiger partial charge on any atom is -0.489 e. The van der Waals surface area contributed by atoms with Crippen molar-refractivity contribution in [3.63, 3.8) is 0 Å². The van der Waals surface area contributed by atoms with Crippen molar-refractivity contribution < 1.29 is 14.3 Å². The predicted molar refractivity (Wildman–Crippen MR) is 109 cm³/mol. The lowest BCUT2D eigenvalue weighted by Gasteiger charge is -2.19. The molecule has 0 aliphatic carbocycles. The van der Waals surface area contributed by atoms with E-state index in [1.165, 1.54) is 0 Å². The molecule has 0 aliphatic heterocycles. The normalized spacial score (nSPS) is 11.6. The maximum Gasteiger partial charge on any atom is 0.265 e. The molecule has 1 N–H and O–H groups in total. The zero-order chi connectivity index (χ0) is 19.1. The lowest BCUT2D eigenvalue weighted by Crippen LogP contribution is -2.32. The standard InChI is InChI=1S/C23H23NO3/c1-3-15-26-19-12-8-11-18(16-19)24-23(25)21(4-2)27-22-14-7-10-17-9-5-6-13-20(17)22/h3,5-14,16,21H,1,4,15H2,2H3,(H,24,25). The molecule has 3 rings (SSSR count). The summed E-state index contributed by atoms with van der Waals surface area (Å²) in [7, 11) is 0. The van der Waals surface area contributed by atoms with Gasteiger partial charge in [0.1, 0.15) is 18.1 Å². The largest absolute Gasteiger partial charge is 0.489 e.